The van der Waals surface area contributed by atoms with Gasteiger partial charge in [0.05, 0.1) is 24.6 Å². The van der Waals surface area contributed by atoms with Gasteiger partial charge in [0, 0.05) is 26.2 Å². The van der Waals surface area contributed by atoms with Gasteiger partial charge in [-0.1, -0.05) is 12.1 Å². The molecule has 3 aliphatic rings. The highest BCUT2D eigenvalue weighted by molar-refractivity contribution is 7.86. The first-order valence-electron chi connectivity index (χ1n) is 11.7. The Morgan fingerprint density at radius 1 is 1.00 bits per heavy atom. The molecule has 3 aliphatic heterocycles. The number of carbonyl (C=O) groups is 2. The summed E-state index contributed by atoms with van der Waals surface area (Å²) in [7, 11) is -4.10. The number of nitrogens with zero attached hydrogens (tertiary/aromatic N) is 3. The summed E-state index contributed by atoms with van der Waals surface area (Å²) < 4.78 is 91.6. The molecule has 2 atom stereocenters. The molecule has 3 saturated heterocycles. The van der Waals surface area contributed by atoms with Crippen LogP contribution in [0.5, 0.6) is 0 Å². The molecule has 3 heterocycles. The fourth-order valence-electron chi connectivity index (χ4n) is 4.81. The third-order valence-electron chi connectivity index (χ3n) is 6.79. The molecule has 36 heavy (non-hydrogen) atoms. The topological polar surface area (TPSA) is 90.0 Å². The number of amides is 2. The SMILES string of the molecule is O=C(NCc1ccc(C(F)(F)F)cc1)[C@H]1CCCN1C(=O)[C@H]1CCCN(S(=O)(=O)N2CC(F)(F)C2)C1. The van der Waals surface area contributed by atoms with E-state index in [2.05, 4.69) is 5.32 Å². The van der Waals surface area contributed by atoms with Crippen molar-refractivity contribution < 1.29 is 40.0 Å². The minimum Gasteiger partial charge on any atom is -0.350 e. The van der Waals surface area contributed by atoms with Gasteiger partial charge in [-0.2, -0.15) is 30.2 Å². The predicted molar refractivity (Wildman–Crippen MR) is 118 cm³/mol. The number of rotatable bonds is 6. The Kier molecular flexibility index (Phi) is 7.32. The van der Waals surface area contributed by atoms with Crippen molar-refractivity contribution in [1.29, 1.82) is 0 Å². The smallest absolute Gasteiger partial charge is 0.350 e. The van der Waals surface area contributed by atoms with E-state index in [4.69, 9.17) is 0 Å². The van der Waals surface area contributed by atoms with Crippen molar-refractivity contribution >= 4 is 22.0 Å². The van der Waals surface area contributed by atoms with Crippen LogP contribution in [0.15, 0.2) is 24.3 Å². The number of likely N-dealkylation sites (tertiary alicyclic amines) is 1. The van der Waals surface area contributed by atoms with Crippen LogP contribution in [0.1, 0.15) is 36.8 Å². The molecule has 200 valence electrons. The summed E-state index contributed by atoms with van der Waals surface area (Å²) in [5.41, 5.74) is -0.326. The van der Waals surface area contributed by atoms with Crippen molar-refractivity contribution in [2.24, 2.45) is 5.92 Å². The Balaban J connectivity index is 1.34. The van der Waals surface area contributed by atoms with Crippen molar-refractivity contribution in [2.45, 2.75) is 50.4 Å². The zero-order valence-corrected chi connectivity index (χ0v) is 20.1. The summed E-state index contributed by atoms with van der Waals surface area (Å²) >= 11 is 0. The third kappa shape index (κ3) is 5.65. The van der Waals surface area contributed by atoms with E-state index >= 15 is 0 Å². The number of benzene rings is 1. The van der Waals surface area contributed by atoms with Crippen molar-refractivity contribution in [1.82, 2.24) is 18.8 Å². The van der Waals surface area contributed by atoms with Crippen LogP contribution in [0.4, 0.5) is 22.0 Å². The van der Waals surface area contributed by atoms with Crippen molar-refractivity contribution in [2.75, 3.05) is 32.7 Å². The number of hydrogen-bond acceptors (Lipinski definition) is 4. The molecule has 4 rings (SSSR count). The van der Waals surface area contributed by atoms with Crippen LogP contribution in [0.25, 0.3) is 0 Å². The fraction of sp³-hybridized carbons (Fsp3) is 0.636. The Morgan fingerprint density at radius 2 is 1.64 bits per heavy atom. The second-order valence-electron chi connectivity index (χ2n) is 9.43. The monoisotopic (exact) mass is 538 g/mol. The molecule has 0 bridgehead atoms. The number of carbonyl (C=O) groups excluding carboxylic acids is 2. The lowest BCUT2D eigenvalue weighted by Gasteiger charge is -2.42. The minimum absolute atomic E-state index is 0.00851. The van der Waals surface area contributed by atoms with Crippen molar-refractivity contribution in [3.8, 4) is 0 Å². The highest BCUT2D eigenvalue weighted by atomic mass is 32.2. The summed E-state index contributed by atoms with van der Waals surface area (Å²) in [5, 5.41) is 2.66. The molecule has 0 unspecified atom stereocenters. The number of nitrogens with one attached hydrogen (secondary N) is 1. The first-order valence-corrected chi connectivity index (χ1v) is 13.0. The molecule has 0 spiro atoms. The van der Waals surface area contributed by atoms with Crippen LogP contribution in [-0.4, -0.2) is 78.4 Å². The van der Waals surface area contributed by atoms with E-state index in [9.17, 15) is 40.0 Å². The molecule has 0 aliphatic carbocycles. The molecule has 0 aromatic heterocycles. The fourth-order valence-corrected chi connectivity index (χ4v) is 6.56. The summed E-state index contributed by atoms with van der Waals surface area (Å²) in [6, 6.07) is 3.62. The third-order valence-corrected chi connectivity index (χ3v) is 8.68. The highest BCUT2D eigenvalue weighted by Crippen LogP contribution is 2.33. The van der Waals surface area contributed by atoms with Gasteiger partial charge in [0.2, 0.25) is 11.8 Å². The molecule has 0 radical (unpaired) electrons. The standard InChI is InChI=1S/C22H27F5N4O4S/c23-21(24)13-30(14-21)36(34,35)29-9-1-3-16(12-29)20(33)31-10-2-4-18(31)19(32)28-11-15-5-7-17(8-6-15)22(25,26)27/h5-8,16,18H,1-4,9-14H2,(H,28,32)/t16-,18+/m0/s1. The average Bonchev–Trinajstić information content (AvgIpc) is 3.30. The maximum Gasteiger partial charge on any atom is 0.416 e. The molecule has 8 nitrogen and oxygen atoms in total. The molecular formula is C22H27F5N4O4S. The largest absolute Gasteiger partial charge is 0.416 e. The predicted octanol–water partition coefficient (Wildman–Crippen LogP) is 2.22. The van der Waals surface area contributed by atoms with Gasteiger partial charge in [-0.15, -0.1) is 0 Å². The second kappa shape index (κ2) is 9.86. The molecule has 2 amide bonds. The molecule has 1 aromatic carbocycles. The Labute approximate surface area is 205 Å². The number of alkyl halides is 5. The van der Waals surface area contributed by atoms with Crippen LogP contribution < -0.4 is 5.32 Å². The lowest BCUT2D eigenvalue weighted by molar-refractivity contribution is -0.142. The van der Waals surface area contributed by atoms with Gasteiger partial charge in [0.15, 0.2) is 0 Å². The Morgan fingerprint density at radius 3 is 2.25 bits per heavy atom. The maximum atomic E-state index is 13.2. The molecule has 1 aromatic rings. The summed E-state index contributed by atoms with van der Waals surface area (Å²) in [4.78, 5) is 27.4. The molecule has 3 fully saturated rings. The zero-order valence-electron chi connectivity index (χ0n) is 19.3. The van der Waals surface area contributed by atoms with Gasteiger partial charge < -0.3 is 10.2 Å². The summed E-state index contributed by atoms with van der Waals surface area (Å²) in [5.74, 6) is -4.55. The Hall–Kier alpha value is -2.32. The van der Waals surface area contributed by atoms with Gasteiger partial charge in [0.25, 0.3) is 16.1 Å². The van der Waals surface area contributed by atoms with Crippen molar-refractivity contribution in [3.63, 3.8) is 0 Å². The van der Waals surface area contributed by atoms with E-state index in [-0.39, 0.29) is 25.5 Å². The van der Waals surface area contributed by atoms with Gasteiger partial charge in [-0.05, 0) is 43.4 Å². The van der Waals surface area contributed by atoms with Gasteiger partial charge in [0.1, 0.15) is 6.04 Å². The first kappa shape index (κ1) is 26.7. The zero-order chi connectivity index (χ0) is 26.3. The van der Waals surface area contributed by atoms with Crippen molar-refractivity contribution in [3.05, 3.63) is 35.4 Å². The van der Waals surface area contributed by atoms with E-state index in [1.165, 1.54) is 17.0 Å². The van der Waals surface area contributed by atoms with E-state index in [0.29, 0.717) is 42.1 Å². The lowest BCUT2D eigenvalue weighted by atomic mass is 9.97. The summed E-state index contributed by atoms with van der Waals surface area (Å²) in [6.07, 6.45) is -2.68. The van der Waals surface area contributed by atoms with Gasteiger partial charge >= 0.3 is 6.18 Å². The molecule has 14 heteroatoms. The van der Waals surface area contributed by atoms with Crippen LogP contribution in [0.3, 0.4) is 0 Å². The quantitative estimate of drug-likeness (QED) is 0.563. The number of piperidine rings is 1. The number of halogens is 5. The van der Waals surface area contributed by atoms with E-state index in [1.807, 2.05) is 0 Å². The lowest BCUT2D eigenvalue weighted by Crippen LogP contribution is -2.62. The van der Waals surface area contributed by atoms with Crippen LogP contribution >= 0.6 is 0 Å². The Bertz CT molecular complexity index is 1090. The van der Waals surface area contributed by atoms with Crippen LogP contribution in [0.2, 0.25) is 0 Å². The second-order valence-corrected chi connectivity index (χ2v) is 11.4. The average molecular weight is 539 g/mol. The molecule has 1 N–H and O–H groups in total. The van der Waals surface area contributed by atoms with Crippen LogP contribution in [-0.2, 0) is 32.5 Å². The van der Waals surface area contributed by atoms with E-state index < -0.39 is 58.8 Å². The number of hydrogen-bond donors (Lipinski definition) is 1. The highest BCUT2D eigenvalue weighted by Gasteiger charge is 2.52. The molecular weight excluding hydrogens is 511 g/mol. The molecule has 0 saturated carbocycles. The minimum atomic E-state index is -4.46. The first-order chi connectivity index (χ1) is 16.8. The summed E-state index contributed by atoms with van der Waals surface area (Å²) in [6.45, 7) is -1.45. The van der Waals surface area contributed by atoms with Gasteiger partial charge in [-0.25, -0.2) is 8.78 Å². The van der Waals surface area contributed by atoms with Crippen LogP contribution in [0, 0.1) is 5.92 Å². The van der Waals surface area contributed by atoms with Gasteiger partial charge in [-0.3, -0.25) is 9.59 Å². The van der Waals surface area contributed by atoms with E-state index in [0.717, 1.165) is 16.4 Å². The van der Waals surface area contributed by atoms with E-state index in [1.54, 1.807) is 0 Å². The maximum absolute atomic E-state index is 13.2. The normalized spacial score (nSPS) is 25.4.